The number of carbonyl (C=O) groups is 2. The van der Waals surface area contributed by atoms with E-state index in [-0.39, 0.29) is 5.91 Å². The molecule has 0 saturated carbocycles. The van der Waals surface area contributed by atoms with E-state index >= 15 is 0 Å². The molecule has 26 heavy (non-hydrogen) atoms. The van der Waals surface area contributed by atoms with E-state index in [9.17, 15) is 9.59 Å². The summed E-state index contributed by atoms with van der Waals surface area (Å²) < 4.78 is 6.38. The van der Waals surface area contributed by atoms with Crippen molar-refractivity contribution in [3.63, 3.8) is 0 Å². The summed E-state index contributed by atoms with van der Waals surface area (Å²) in [6.07, 6.45) is 4.43. The first-order chi connectivity index (χ1) is 12.7. The molecule has 1 amide bonds. The van der Waals surface area contributed by atoms with Crippen LogP contribution < -0.4 is 5.32 Å². The van der Waals surface area contributed by atoms with E-state index in [1.807, 2.05) is 30.3 Å². The summed E-state index contributed by atoms with van der Waals surface area (Å²) in [5.41, 5.74) is 1.81. The van der Waals surface area contributed by atoms with Crippen LogP contribution in [0.4, 0.5) is 0 Å². The molecule has 2 aromatic heterocycles. The van der Waals surface area contributed by atoms with E-state index in [4.69, 9.17) is 4.74 Å². The van der Waals surface area contributed by atoms with Gasteiger partial charge in [0.2, 0.25) is 0 Å². The number of nitrogens with zero attached hydrogens (tertiary/aromatic N) is 3. The Balaban J connectivity index is 1.64. The molecule has 0 spiro atoms. The van der Waals surface area contributed by atoms with Crippen molar-refractivity contribution < 1.29 is 14.3 Å². The number of hydrogen-bond acceptors (Lipinski definition) is 5. The number of hydrogen-bond donors (Lipinski definition) is 1. The van der Waals surface area contributed by atoms with Crippen molar-refractivity contribution in [2.45, 2.75) is 13.5 Å². The molecular formula is C19H18N4O3. The number of aromatic nitrogens is 3. The Hall–Kier alpha value is -3.48. The first-order valence-electron chi connectivity index (χ1n) is 8.17. The highest BCUT2D eigenvalue weighted by Gasteiger charge is 2.11. The van der Waals surface area contributed by atoms with Crippen molar-refractivity contribution in [2.75, 3.05) is 6.61 Å². The number of esters is 1. The zero-order chi connectivity index (χ0) is 18.4. The van der Waals surface area contributed by atoms with E-state index in [1.54, 1.807) is 19.1 Å². The molecule has 1 N–H and O–H groups in total. The maximum atomic E-state index is 12.2. The van der Waals surface area contributed by atoms with Crippen molar-refractivity contribution in [3.05, 3.63) is 77.7 Å². The molecule has 1 aromatic carbocycles. The van der Waals surface area contributed by atoms with Gasteiger partial charge in [-0.25, -0.2) is 14.5 Å². The predicted octanol–water partition coefficient (Wildman–Crippen LogP) is 2.37. The fraction of sp³-hybridized carbons (Fsp3) is 0.158. The maximum absolute atomic E-state index is 12.2. The van der Waals surface area contributed by atoms with Crippen LogP contribution in [0.1, 0.15) is 33.2 Å². The van der Waals surface area contributed by atoms with Gasteiger partial charge in [0.05, 0.1) is 23.9 Å². The van der Waals surface area contributed by atoms with E-state index in [1.165, 1.54) is 23.3 Å². The van der Waals surface area contributed by atoms with Gasteiger partial charge in [-0.1, -0.05) is 30.3 Å². The van der Waals surface area contributed by atoms with Crippen LogP contribution >= 0.6 is 0 Å². The average molecular weight is 350 g/mol. The highest BCUT2D eigenvalue weighted by Crippen LogP contribution is 2.08. The smallest absolute Gasteiger partial charge is 0.341 e. The topological polar surface area (TPSA) is 86.1 Å². The van der Waals surface area contributed by atoms with Crippen LogP contribution in [-0.4, -0.2) is 33.2 Å². The lowest BCUT2D eigenvalue weighted by molar-refractivity contribution is 0.0526. The van der Waals surface area contributed by atoms with Gasteiger partial charge in [-0.15, -0.1) is 0 Å². The third-order valence-electron chi connectivity index (χ3n) is 3.63. The Morgan fingerprint density at radius 1 is 1.08 bits per heavy atom. The molecule has 0 bridgehead atoms. The van der Waals surface area contributed by atoms with E-state index in [2.05, 4.69) is 15.4 Å². The van der Waals surface area contributed by atoms with Crippen molar-refractivity contribution in [1.82, 2.24) is 20.1 Å². The molecule has 3 rings (SSSR count). The minimum atomic E-state index is -0.435. The van der Waals surface area contributed by atoms with E-state index < -0.39 is 5.97 Å². The standard InChI is InChI=1S/C19H18N4O3/c1-2-26-19(25)16-12-22-23(13-16)17-9-8-15(11-20-17)18(24)21-10-14-6-4-3-5-7-14/h3-9,11-13H,2,10H2,1H3,(H,21,24). The van der Waals surface area contributed by atoms with Gasteiger partial charge in [-0.2, -0.15) is 5.10 Å². The lowest BCUT2D eigenvalue weighted by Gasteiger charge is -2.06. The summed E-state index contributed by atoms with van der Waals surface area (Å²) >= 11 is 0. The van der Waals surface area contributed by atoms with Gasteiger partial charge in [0.15, 0.2) is 5.82 Å². The Kier molecular flexibility index (Phi) is 5.38. The van der Waals surface area contributed by atoms with Crippen LogP contribution in [0.25, 0.3) is 5.82 Å². The highest BCUT2D eigenvalue weighted by molar-refractivity contribution is 5.93. The fourth-order valence-electron chi connectivity index (χ4n) is 2.30. The van der Waals surface area contributed by atoms with E-state index in [0.29, 0.717) is 30.1 Å². The number of amides is 1. The zero-order valence-electron chi connectivity index (χ0n) is 14.3. The van der Waals surface area contributed by atoms with Gasteiger partial charge in [0, 0.05) is 18.9 Å². The van der Waals surface area contributed by atoms with Crippen LogP contribution in [0, 0.1) is 0 Å². The van der Waals surface area contributed by atoms with Gasteiger partial charge in [0.1, 0.15) is 0 Å². The lowest BCUT2D eigenvalue weighted by Crippen LogP contribution is -2.23. The number of benzene rings is 1. The molecule has 7 nitrogen and oxygen atoms in total. The van der Waals surface area contributed by atoms with Crippen LogP contribution in [0.15, 0.2) is 61.1 Å². The third-order valence-corrected chi connectivity index (χ3v) is 3.63. The second-order valence-corrected chi connectivity index (χ2v) is 5.47. The van der Waals surface area contributed by atoms with E-state index in [0.717, 1.165) is 5.56 Å². The molecule has 0 saturated heterocycles. The van der Waals surface area contributed by atoms with Gasteiger partial charge in [0.25, 0.3) is 5.91 Å². The molecule has 0 aliphatic heterocycles. The Labute approximate surface area is 150 Å². The molecule has 0 aliphatic rings. The summed E-state index contributed by atoms with van der Waals surface area (Å²) in [4.78, 5) is 28.1. The first kappa shape index (κ1) is 17.3. The van der Waals surface area contributed by atoms with Crippen LogP contribution in [0.5, 0.6) is 0 Å². The predicted molar refractivity (Wildman–Crippen MR) is 94.9 cm³/mol. The van der Waals surface area contributed by atoms with Gasteiger partial charge in [-0.05, 0) is 24.6 Å². The molecule has 7 heteroatoms. The molecule has 0 atom stereocenters. The summed E-state index contributed by atoms with van der Waals surface area (Å²) in [6.45, 7) is 2.49. The lowest BCUT2D eigenvalue weighted by atomic mass is 10.2. The number of pyridine rings is 1. The Morgan fingerprint density at radius 3 is 2.58 bits per heavy atom. The largest absolute Gasteiger partial charge is 0.462 e. The molecule has 0 fully saturated rings. The quantitative estimate of drug-likeness (QED) is 0.690. The third kappa shape index (κ3) is 4.13. The summed E-state index contributed by atoms with van der Waals surface area (Å²) in [5.74, 6) is -0.142. The first-order valence-corrected chi connectivity index (χ1v) is 8.17. The maximum Gasteiger partial charge on any atom is 0.341 e. The second-order valence-electron chi connectivity index (χ2n) is 5.47. The summed E-state index contributed by atoms with van der Waals surface area (Å²) in [7, 11) is 0. The monoisotopic (exact) mass is 350 g/mol. The number of rotatable bonds is 6. The Morgan fingerprint density at radius 2 is 1.88 bits per heavy atom. The van der Waals surface area contributed by atoms with Gasteiger partial charge >= 0.3 is 5.97 Å². The van der Waals surface area contributed by atoms with Crippen molar-refractivity contribution >= 4 is 11.9 Å². The highest BCUT2D eigenvalue weighted by atomic mass is 16.5. The molecule has 0 radical (unpaired) electrons. The summed E-state index contributed by atoms with van der Waals surface area (Å²) in [5, 5.41) is 6.94. The molecule has 3 aromatic rings. The Bertz CT molecular complexity index is 889. The molecule has 2 heterocycles. The van der Waals surface area contributed by atoms with Crippen LogP contribution in [0.2, 0.25) is 0 Å². The normalized spacial score (nSPS) is 10.3. The van der Waals surface area contributed by atoms with Crippen molar-refractivity contribution in [3.8, 4) is 5.82 Å². The van der Waals surface area contributed by atoms with Crippen molar-refractivity contribution in [1.29, 1.82) is 0 Å². The fourth-order valence-corrected chi connectivity index (χ4v) is 2.30. The van der Waals surface area contributed by atoms with Crippen LogP contribution in [0.3, 0.4) is 0 Å². The SMILES string of the molecule is CCOC(=O)c1cnn(-c2ccc(C(=O)NCc3ccccc3)cn2)c1. The van der Waals surface area contributed by atoms with Crippen molar-refractivity contribution in [2.24, 2.45) is 0 Å². The number of carbonyl (C=O) groups excluding carboxylic acids is 2. The second kappa shape index (κ2) is 8.06. The molecule has 132 valence electrons. The molecule has 0 unspecified atom stereocenters. The van der Waals surface area contributed by atoms with Crippen LogP contribution in [-0.2, 0) is 11.3 Å². The zero-order valence-corrected chi connectivity index (χ0v) is 14.3. The molecule has 0 aliphatic carbocycles. The summed E-state index contributed by atoms with van der Waals surface area (Å²) in [6, 6.07) is 13.0. The minimum Gasteiger partial charge on any atom is -0.462 e. The number of ether oxygens (including phenoxy) is 1. The average Bonchev–Trinajstić information content (AvgIpc) is 3.18. The minimum absolute atomic E-state index is 0.208. The number of nitrogens with one attached hydrogen (secondary N) is 1. The van der Waals surface area contributed by atoms with Gasteiger partial charge < -0.3 is 10.1 Å². The molecular weight excluding hydrogens is 332 g/mol. The van der Waals surface area contributed by atoms with Gasteiger partial charge in [-0.3, -0.25) is 4.79 Å².